The van der Waals surface area contributed by atoms with Crippen molar-refractivity contribution in [3.05, 3.63) is 35.5 Å². The van der Waals surface area contributed by atoms with E-state index in [0.717, 1.165) is 25.9 Å². The molecule has 1 amide bonds. The Kier molecular flexibility index (Phi) is 5.43. The van der Waals surface area contributed by atoms with Crippen LogP contribution in [0.1, 0.15) is 30.7 Å². The molecule has 1 saturated heterocycles. The van der Waals surface area contributed by atoms with Crippen LogP contribution in [0.2, 0.25) is 0 Å². The summed E-state index contributed by atoms with van der Waals surface area (Å²) in [6.45, 7) is 3.59. The third kappa shape index (κ3) is 4.22. The first-order chi connectivity index (χ1) is 12.0. The van der Waals surface area contributed by atoms with Crippen LogP contribution in [0.5, 0.6) is 0 Å². The van der Waals surface area contributed by atoms with Gasteiger partial charge < -0.3 is 14.7 Å². The Hall–Kier alpha value is -2.28. The SMILES string of the molecule is Cc1ccc(-c2noc(CCC(=O)N(C)C3CCNCC3)n2)cc1F. The molecule has 0 aliphatic carbocycles. The van der Waals surface area contributed by atoms with Crippen molar-refractivity contribution in [3.63, 3.8) is 0 Å². The molecule has 2 heterocycles. The molecule has 0 unspecified atom stereocenters. The van der Waals surface area contributed by atoms with E-state index in [9.17, 15) is 9.18 Å². The van der Waals surface area contributed by atoms with Crippen molar-refractivity contribution in [2.24, 2.45) is 0 Å². The third-order valence-corrected chi connectivity index (χ3v) is 4.70. The number of hydrogen-bond acceptors (Lipinski definition) is 5. The Morgan fingerprint density at radius 2 is 2.16 bits per heavy atom. The molecule has 134 valence electrons. The Bertz CT molecular complexity index is 740. The number of halogens is 1. The van der Waals surface area contributed by atoms with Gasteiger partial charge in [0.25, 0.3) is 0 Å². The summed E-state index contributed by atoms with van der Waals surface area (Å²) in [5, 5.41) is 7.18. The minimum Gasteiger partial charge on any atom is -0.343 e. The zero-order chi connectivity index (χ0) is 17.8. The molecule has 1 aromatic heterocycles. The number of amides is 1. The highest BCUT2D eigenvalue weighted by atomic mass is 19.1. The molecule has 1 N–H and O–H groups in total. The molecule has 6 nitrogen and oxygen atoms in total. The van der Waals surface area contributed by atoms with Gasteiger partial charge in [0.2, 0.25) is 17.6 Å². The molecule has 0 saturated carbocycles. The number of aryl methyl sites for hydroxylation is 2. The molecule has 1 aliphatic heterocycles. The van der Waals surface area contributed by atoms with Crippen molar-refractivity contribution in [1.82, 2.24) is 20.4 Å². The summed E-state index contributed by atoms with van der Waals surface area (Å²) in [4.78, 5) is 18.4. The highest BCUT2D eigenvalue weighted by molar-refractivity contribution is 5.76. The van der Waals surface area contributed by atoms with Crippen molar-refractivity contribution < 1.29 is 13.7 Å². The fraction of sp³-hybridized carbons (Fsp3) is 0.500. The number of carbonyl (C=O) groups excluding carboxylic acids is 1. The zero-order valence-electron chi connectivity index (χ0n) is 14.6. The van der Waals surface area contributed by atoms with Crippen molar-refractivity contribution in [2.45, 2.75) is 38.6 Å². The molecule has 2 aromatic rings. The van der Waals surface area contributed by atoms with Gasteiger partial charge in [-0.3, -0.25) is 4.79 Å². The molecule has 1 aliphatic rings. The van der Waals surface area contributed by atoms with E-state index < -0.39 is 0 Å². The number of piperidine rings is 1. The highest BCUT2D eigenvalue weighted by Gasteiger charge is 2.22. The standard InChI is InChI=1S/C18H23FN4O2/c1-12-3-4-13(11-15(12)19)18-21-16(25-22-18)5-6-17(24)23(2)14-7-9-20-10-8-14/h3-4,11,14,20H,5-10H2,1-2H3. The fourth-order valence-electron chi connectivity index (χ4n) is 2.99. The molecular formula is C18H23FN4O2. The van der Waals surface area contributed by atoms with Crippen LogP contribution in [0.3, 0.4) is 0 Å². The summed E-state index contributed by atoms with van der Waals surface area (Å²) in [6, 6.07) is 5.11. The van der Waals surface area contributed by atoms with Crippen LogP contribution in [0, 0.1) is 12.7 Å². The second-order valence-electron chi connectivity index (χ2n) is 6.46. The summed E-state index contributed by atoms with van der Waals surface area (Å²) in [7, 11) is 1.85. The number of hydrogen-bond donors (Lipinski definition) is 1. The summed E-state index contributed by atoms with van der Waals surface area (Å²) in [5.41, 5.74) is 1.13. The normalized spacial score (nSPS) is 15.3. The van der Waals surface area contributed by atoms with Gasteiger partial charge in [-0.2, -0.15) is 4.98 Å². The number of nitrogens with one attached hydrogen (secondary N) is 1. The summed E-state index contributed by atoms with van der Waals surface area (Å²) in [6.07, 6.45) is 2.66. The van der Waals surface area contributed by atoms with Crippen LogP contribution in [0.15, 0.2) is 22.7 Å². The molecule has 0 spiro atoms. The molecule has 3 rings (SSSR count). The van der Waals surface area contributed by atoms with Gasteiger partial charge in [-0.05, 0) is 44.5 Å². The average molecular weight is 346 g/mol. The second-order valence-corrected chi connectivity index (χ2v) is 6.46. The summed E-state index contributed by atoms with van der Waals surface area (Å²) < 4.78 is 18.9. The lowest BCUT2D eigenvalue weighted by Gasteiger charge is -2.31. The Morgan fingerprint density at radius 1 is 1.40 bits per heavy atom. The number of benzene rings is 1. The van der Waals surface area contributed by atoms with E-state index in [-0.39, 0.29) is 11.7 Å². The molecule has 1 aromatic carbocycles. The zero-order valence-corrected chi connectivity index (χ0v) is 14.6. The van der Waals surface area contributed by atoms with Crippen molar-refractivity contribution >= 4 is 5.91 Å². The fourth-order valence-corrected chi connectivity index (χ4v) is 2.99. The summed E-state index contributed by atoms with van der Waals surface area (Å²) in [5.74, 6) is 0.506. The van der Waals surface area contributed by atoms with Gasteiger partial charge in [-0.25, -0.2) is 4.39 Å². The Balaban J connectivity index is 1.57. The van der Waals surface area contributed by atoms with Crippen LogP contribution < -0.4 is 5.32 Å². The number of carbonyl (C=O) groups is 1. The molecular weight excluding hydrogens is 323 g/mol. The molecule has 1 fully saturated rings. The van der Waals surface area contributed by atoms with Gasteiger partial charge in [-0.15, -0.1) is 0 Å². The van der Waals surface area contributed by atoms with Gasteiger partial charge in [0.05, 0.1) is 0 Å². The van der Waals surface area contributed by atoms with Gasteiger partial charge in [-0.1, -0.05) is 17.3 Å². The lowest BCUT2D eigenvalue weighted by molar-refractivity contribution is -0.132. The molecule has 25 heavy (non-hydrogen) atoms. The van der Waals surface area contributed by atoms with Crippen LogP contribution in [0.4, 0.5) is 4.39 Å². The van der Waals surface area contributed by atoms with E-state index >= 15 is 0 Å². The van der Waals surface area contributed by atoms with Crippen molar-refractivity contribution in [3.8, 4) is 11.4 Å². The predicted octanol–water partition coefficient (Wildman–Crippen LogP) is 2.33. The van der Waals surface area contributed by atoms with Crippen LogP contribution in [0.25, 0.3) is 11.4 Å². The van der Waals surface area contributed by atoms with Gasteiger partial charge >= 0.3 is 0 Å². The quantitative estimate of drug-likeness (QED) is 0.900. The maximum atomic E-state index is 13.7. The van der Waals surface area contributed by atoms with Gasteiger partial charge in [0.15, 0.2) is 0 Å². The smallest absolute Gasteiger partial charge is 0.227 e. The molecule has 0 radical (unpaired) electrons. The molecule has 0 atom stereocenters. The lowest BCUT2D eigenvalue weighted by atomic mass is 10.0. The largest absolute Gasteiger partial charge is 0.343 e. The van der Waals surface area contributed by atoms with E-state index in [4.69, 9.17) is 4.52 Å². The Morgan fingerprint density at radius 3 is 2.88 bits per heavy atom. The average Bonchev–Trinajstić information content (AvgIpc) is 3.11. The van der Waals surface area contributed by atoms with E-state index in [2.05, 4.69) is 15.5 Å². The molecule has 0 bridgehead atoms. The monoisotopic (exact) mass is 346 g/mol. The van der Waals surface area contributed by atoms with Crippen molar-refractivity contribution in [2.75, 3.05) is 20.1 Å². The number of nitrogens with zero attached hydrogens (tertiary/aromatic N) is 3. The van der Waals surface area contributed by atoms with Gasteiger partial charge in [0, 0.05) is 31.5 Å². The van der Waals surface area contributed by atoms with Crippen LogP contribution in [-0.4, -0.2) is 47.1 Å². The first kappa shape index (κ1) is 17.5. The van der Waals surface area contributed by atoms with E-state index in [1.54, 1.807) is 19.1 Å². The first-order valence-electron chi connectivity index (χ1n) is 8.60. The topological polar surface area (TPSA) is 71.3 Å². The third-order valence-electron chi connectivity index (χ3n) is 4.70. The van der Waals surface area contributed by atoms with Crippen LogP contribution in [-0.2, 0) is 11.2 Å². The minimum absolute atomic E-state index is 0.0769. The van der Waals surface area contributed by atoms with Crippen molar-refractivity contribution in [1.29, 1.82) is 0 Å². The van der Waals surface area contributed by atoms with E-state index in [1.165, 1.54) is 6.07 Å². The van der Waals surface area contributed by atoms with Gasteiger partial charge in [0.1, 0.15) is 5.82 Å². The van der Waals surface area contributed by atoms with Crippen LogP contribution >= 0.6 is 0 Å². The second kappa shape index (κ2) is 7.74. The maximum Gasteiger partial charge on any atom is 0.227 e. The molecule has 7 heteroatoms. The highest BCUT2D eigenvalue weighted by Crippen LogP contribution is 2.19. The predicted molar refractivity (Wildman–Crippen MR) is 91.4 cm³/mol. The number of rotatable bonds is 5. The maximum absolute atomic E-state index is 13.7. The first-order valence-corrected chi connectivity index (χ1v) is 8.60. The van der Waals surface area contributed by atoms with E-state index in [0.29, 0.717) is 41.7 Å². The lowest BCUT2D eigenvalue weighted by Crippen LogP contribution is -2.44. The van der Waals surface area contributed by atoms with E-state index in [1.807, 2.05) is 11.9 Å². The Labute approximate surface area is 146 Å². The minimum atomic E-state index is -0.303. The summed E-state index contributed by atoms with van der Waals surface area (Å²) >= 11 is 0. The number of aromatic nitrogens is 2.